The highest BCUT2D eigenvalue weighted by Gasteiger charge is 1.97. The summed E-state index contributed by atoms with van der Waals surface area (Å²) in [6.07, 6.45) is 48.4. The predicted octanol–water partition coefficient (Wildman–Crippen LogP) is 13.1. The van der Waals surface area contributed by atoms with Crippen molar-refractivity contribution in [2.45, 2.75) is 218 Å². The molecule has 0 fully saturated rings. The highest BCUT2D eigenvalue weighted by Crippen LogP contribution is 2.17. The van der Waals surface area contributed by atoms with Crippen LogP contribution in [0.4, 0.5) is 0 Å². The monoisotopic (exact) mass is 522 g/mol. The van der Waals surface area contributed by atoms with E-state index >= 15 is 0 Å². The van der Waals surface area contributed by atoms with Gasteiger partial charge in [-0.2, -0.15) is 0 Å². The van der Waals surface area contributed by atoms with E-state index in [1.807, 2.05) is 0 Å². The number of unbranched alkanes of at least 4 members (excludes halogenated alkanes) is 33. The van der Waals surface area contributed by atoms with Crippen LogP contribution in [0.1, 0.15) is 218 Å². The van der Waals surface area contributed by atoms with E-state index in [0.717, 1.165) is 12.8 Å². The van der Waals surface area contributed by atoms with Crippen LogP contribution in [0.5, 0.6) is 0 Å². The molecular weight excluding hydrogens is 448 g/mol. The molecule has 0 aliphatic heterocycles. The largest absolute Gasteiger partial charge is 0.396 e. The molecule has 1 N–H and O–H groups in total. The highest BCUT2D eigenvalue weighted by molar-refractivity contribution is 4.53. The zero-order chi connectivity index (χ0) is 26.7. The number of hydrogen-bond acceptors (Lipinski definition) is 1. The fraction of sp³-hybridized carbons (Fsp3) is 0.972. The average molecular weight is 522 g/mol. The number of aliphatic hydroxyl groups excluding tert-OH is 1. The first-order valence-electron chi connectivity index (χ1n) is 17.8. The Hall–Kier alpha value is -0.0400. The molecule has 0 unspecified atom stereocenters. The SMILES string of the molecule is [CH2]CCCCCCCCCCCCCCCCCCCCCCCCCCCCCCCCCCCO. The third-order valence-corrected chi connectivity index (χ3v) is 8.41. The van der Waals surface area contributed by atoms with Crippen molar-refractivity contribution in [1.82, 2.24) is 0 Å². The van der Waals surface area contributed by atoms with Gasteiger partial charge in [-0.05, 0) is 6.42 Å². The lowest BCUT2D eigenvalue weighted by atomic mass is 10.0. The van der Waals surface area contributed by atoms with Crippen LogP contribution in [0.3, 0.4) is 0 Å². The first-order chi connectivity index (χ1) is 18.4. The van der Waals surface area contributed by atoms with Crippen molar-refractivity contribution >= 4 is 0 Å². The van der Waals surface area contributed by atoms with Crippen LogP contribution >= 0.6 is 0 Å². The number of hydrogen-bond donors (Lipinski definition) is 1. The van der Waals surface area contributed by atoms with E-state index < -0.39 is 0 Å². The Balaban J connectivity index is 3.00. The van der Waals surface area contributed by atoms with Crippen LogP contribution < -0.4 is 0 Å². The molecule has 37 heavy (non-hydrogen) atoms. The van der Waals surface area contributed by atoms with Crippen LogP contribution in [0.2, 0.25) is 0 Å². The molecule has 0 rings (SSSR count). The van der Waals surface area contributed by atoms with Crippen molar-refractivity contribution in [3.8, 4) is 0 Å². The maximum absolute atomic E-state index is 8.78. The van der Waals surface area contributed by atoms with Gasteiger partial charge in [-0.25, -0.2) is 0 Å². The van der Waals surface area contributed by atoms with Gasteiger partial charge in [0.05, 0.1) is 0 Å². The van der Waals surface area contributed by atoms with Gasteiger partial charge in [0.2, 0.25) is 0 Å². The summed E-state index contributed by atoms with van der Waals surface area (Å²) in [5.74, 6) is 0. The van der Waals surface area contributed by atoms with E-state index in [2.05, 4.69) is 6.92 Å². The standard InChI is InChI=1S/C36H73O/c1-2-3-4-5-6-7-8-9-10-11-12-13-14-15-16-17-18-19-20-21-22-23-24-25-26-27-28-29-30-31-32-33-34-35-36-37/h37H,1-36H2. The fourth-order valence-corrected chi connectivity index (χ4v) is 5.77. The molecule has 0 saturated heterocycles. The molecule has 0 aliphatic rings. The maximum Gasteiger partial charge on any atom is 0.0431 e. The highest BCUT2D eigenvalue weighted by atomic mass is 16.2. The van der Waals surface area contributed by atoms with E-state index in [-0.39, 0.29) is 0 Å². The third kappa shape index (κ3) is 36.0. The van der Waals surface area contributed by atoms with E-state index in [9.17, 15) is 0 Å². The Kier molecular flexibility index (Phi) is 35.9. The lowest BCUT2D eigenvalue weighted by Gasteiger charge is -2.05. The predicted molar refractivity (Wildman–Crippen MR) is 169 cm³/mol. The van der Waals surface area contributed by atoms with Gasteiger partial charge in [-0.3, -0.25) is 0 Å². The van der Waals surface area contributed by atoms with Gasteiger partial charge in [0.1, 0.15) is 0 Å². The molecule has 1 heteroatoms. The minimum absolute atomic E-state index is 0.374. The molecule has 1 nitrogen and oxygen atoms in total. The molecule has 1 radical (unpaired) electrons. The van der Waals surface area contributed by atoms with Gasteiger partial charge in [0, 0.05) is 6.61 Å². The molecule has 0 aromatic heterocycles. The van der Waals surface area contributed by atoms with Crippen LogP contribution in [-0.2, 0) is 0 Å². The Bertz CT molecular complexity index is 332. The van der Waals surface area contributed by atoms with Gasteiger partial charge in [-0.15, -0.1) is 0 Å². The van der Waals surface area contributed by atoms with Gasteiger partial charge < -0.3 is 5.11 Å². The van der Waals surface area contributed by atoms with Crippen molar-refractivity contribution in [2.24, 2.45) is 0 Å². The minimum atomic E-state index is 0.374. The van der Waals surface area contributed by atoms with E-state index in [1.54, 1.807) is 0 Å². The summed E-state index contributed by atoms with van der Waals surface area (Å²) < 4.78 is 0. The molecular formula is C36H73O. The van der Waals surface area contributed by atoms with Gasteiger partial charge in [0.15, 0.2) is 0 Å². The molecule has 0 amide bonds. The molecule has 0 atom stereocenters. The van der Waals surface area contributed by atoms with Gasteiger partial charge in [-0.1, -0.05) is 219 Å². The minimum Gasteiger partial charge on any atom is -0.396 e. The molecule has 0 heterocycles. The second-order valence-corrected chi connectivity index (χ2v) is 12.2. The van der Waals surface area contributed by atoms with Crippen LogP contribution in [0.25, 0.3) is 0 Å². The van der Waals surface area contributed by atoms with Crippen molar-refractivity contribution in [3.05, 3.63) is 6.92 Å². The van der Waals surface area contributed by atoms with Crippen LogP contribution in [0, 0.1) is 6.92 Å². The normalized spacial score (nSPS) is 11.5. The van der Waals surface area contributed by atoms with E-state index in [4.69, 9.17) is 5.11 Å². The quantitative estimate of drug-likeness (QED) is 0.0834. The third-order valence-electron chi connectivity index (χ3n) is 8.41. The summed E-state index contributed by atoms with van der Waals surface area (Å²) in [6, 6.07) is 0. The average Bonchev–Trinajstić information content (AvgIpc) is 2.91. The van der Waals surface area contributed by atoms with Gasteiger partial charge in [0.25, 0.3) is 0 Å². The lowest BCUT2D eigenvalue weighted by Crippen LogP contribution is -1.85. The zero-order valence-corrected chi connectivity index (χ0v) is 25.9. The van der Waals surface area contributed by atoms with Crippen LogP contribution in [0.15, 0.2) is 0 Å². The topological polar surface area (TPSA) is 20.2 Å². The maximum atomic E-state index is 8.78. The molecule has 0 saturated carbocycles. The molecule has 0 aromatic rings. The second kappa shape index (κ2) is 36.0. The van der Waals surface area contributed by atoms with E-state index in [0.29, 0.717) is 6.61 Å². The first-order valence-corrected chi connectivity index (χ1v) is 17.8. The molecule has 0 bridgehead atoms. The van der Waals surface area contributed by atoms with E-state index in [1.165, 1.54) is 205 Å². The smallest absolute Gasteiger partial charge is 0.0431 e. The van der Waals surface area contributed by atoms with Gasteiger partial charge >= 0.3 is 0 Å². The number of rotatable bonds is 34. The van der Waals surface area contributed by atoms with Crippen LogP contribution in [-0.4, -0.2) is 11.7 Å². The first kappa shape index (κ1) is 37.0. The Labute approximate surface area is 236 Å². The molecule has 0 aliphatic carbocycles. The summed E-state index contributed by atoms with van der Waals surface area (Å²) in [6.45, 7) is 4.30. The Morgan fingerprint density at radius 2 is 0.351 bits per heavy atom. The summed E-state index contributed by atoms with van der Waals surface area (Å²) in [4.78, 5) is 0. The molecule has 223 valence electrons. The van der Waals surface area contributed by atoms with Crippen molar-refractivity contribution in [1.29, 1.82) is 0 Å². The lowest BCUT2D eigenvalue weighted by molar-refractivity contribution is 0.282. The zero-order valence-electron chi connectivity index (χ0n) is 25.9. The molecule has 0 spiro atoms. The Morgan fingerprint density at radius 1 is 0.216 bits per heavy atom. The fourth-order valence-electron chi connectivity index (χ4n) is 5.77. The van der Waals surface area contributed by atoms with Crippen molar-refractivity contribution in [3.63, 3.8) is 0 Å². The number of aliphatic hydroxyl groups is 1. The van der Waals surface area contributed by atoms with Crippen molar-refractivity contribution in [2.75, 3.05) is 6.61 Å². The summed E-state index contributed by atoms with van der Waals surface area (Å²) in [5, 5.41) is 8.78. The molecule has 0 aromatic carbocycles. The Morgan fingerprint density at radius 3 is 0.486 bits per heavy atom. The van der Waals surface area contributed by atoms with Crippen molar-refractivity contribution < 1.29 is 5.11 Å². The second-order valence-electron chi connectivity index (χ2n) is 12.2. The summed E-state index contributed by atoms with van der Waals surface area (Å²) in [7, 11) is 0. The summed E-state index contributed by atoms with van der Waals surface area (Å²) >= 11 is 0. The summed E-state index contributed by atoms with van der Waals surface area (Å²) in [5.41, 5.74) is 0.